The molecule has 2 heteroatoms. The monoisotopic (exact) mass is 255 g/mol. The summed E-state index contributed by atoms with van der Waals surface area (Å²) in [4.78, 5) is 0. The average molecular weight is 255 g/mol. The third kappa shape index (κ3) is 8.71. The molecule has 0 aromatic rings. The van der Waals surface area contributed by atoms with Crippen molar-refractivity contribution in [3.8, 4) is 0 Å². The summed E-state index contributed by atoms with van der Waals surface area (Å²) in [6.07, 6.45) is 14.5. The molecule has 108 valence electrons. The molecule has 0 aliphatic heterocycles. The van der Waals surface area contributed by atoms with Crippen molar-refractivity contribution in [1.82, 2.24) is 0 Å². The van der Waals surface area contributed by atoms with Crippen LogP contribution in [0.3, 0.4) is 0 Å². The van der Waals surface area contributed by atoms with Crippen molar-refractivity contribution in [3.05, 3.63) is 12.2 Å². The lowest BCUT2D eigenvalue weighted by atomic mass is 9.85. The summed E-state index contributed by atoms with van der Waals surface area (Å²) in [6, 6.07) is 0. The number of hydrogen-bond acceptors (Lipinski definition) is 2. The van der Waals surface area contributed by atoms with E-state index in [1.165, 1.54) is 38.5 Å². The van der Waals surface area contributed by atoms with Crippen LogP contribution in [0.4, 0.5) is 0 Å². The molecule has 0 aromatic heterocycles. The van der Waals surface area contributed by atoms with Gasteiger partial charge in [-0.3, -0.25) is 0 Å². The Labute approximate surface area is 114 Å². The smallest absolute Gasteiger partial charge is 0.0647 e. The Bertz CT molecular complexity index is 209. The lowest BCUT2D eigenvalue weighted by molar-refractivity contribution is 0.208. The average Bonchev–Trinajstić information content (AvgIpc) is 2.39. The van der Waals surface area contributed by atoms with Crippen molar-refractivity contribution in [2.45, 2.75) is 77.7 Å². The maximum absolute atomic E-state index is 8.86. The van der Waals surface area contributed by atoms with Gasteiger partial charge in [-0.1, -0.05) is 71.4 Å². The van der Waals surface area contributed by atoms with Crippen LogP contribution in [0, 0.1) is 5.92 Å². The first kappa shape index (κ1) is 17.7. The Morgan fingerprint density at radius 3 is 2.06 bits per heavy atom. The molecule has 0 bridgehead atoms. The zero-order chi connectivity index (χ0) is 13.9. The Morgan fingerprint density at radius 2 is 1.72 bits per heavy atom. The summed E-state index contributed by atoms with van der Waals surface area (Å²) in [6.45, 7) is 6.74. The quantitative estimate of drug-likeness (QED) is 0.556. The molecule has 18 heavy (non-hydrogen) atoms. The number of aliphatic hydroxyl groups is 1. The minimum atomic E-state index is -0.424. The summed E-state index contributed by atoms with van der Waals surface area (Å²) >= 11 is 0. The third-order valence-electron chi connectivity index (χ3n) is 3.57. The van der Waals surface area contributed by atoms with Crippen LogP contribution in [0.25, 0.3) is 0 Å². The van der Waals surface area contributed by atoms with E-state index in [4.69, 9.17) is 10.8 Å². The van der Waals surface area contributed by atoms with Crippen LogP contribution in [0.1, 0.15) is 72.1 Å². The van der Waals surface area contributed by atoms with Gasteiger partial charge in [0.05, 0.1) is 12.1 Å². The molecule has 0 amide bonds. The van der Waals surface area contributed by atoms with Gasteiger partial charge in [0.1, 0.15) is 0 Å². The largest absolute Gasteiger partial charge is 0.394 e. The van der Waals surface area contributed by atoms with E-state index in [1.807, 2.05) is 6.08 Å². The molecule has 1 rings (SSSR count). The molecule has 0 saturated carbocycles. The van der Waals surface area contributed by atoms with E-state index < -0.39 is 5.54 Å². The van der Waals surface area contributed by atoms with Gasteiger partial charge in [0.2, 0.25) is 0 Å². The number of rotatable bonds is 6. The number of unbranched alkanes of at least 4 members (excludes halogenated alkanes) is 5. The van der Waals surface area contributed by atoms with Crippen LogP contribution < -0.4 is 5.73 Å². The normalized spacial score (nSPS) is 26.6. The van der Waals surface area contributed by atoms with Gasteiger partial charge in [-0.05, 0) is 18.8 Å². The summed E-state index contributed by atoms with van der Waals surface area (Å²) in [5, 5.41) is 8.86. The molecule has 1 unspecified atom stereocenters. The predicted octanol–water partition coefficient (Wildman–Crippen LogP) is 4.03. The summed E-state index contributed by atoms with van der Waals surface area (Å²) in [5.74, 6) is 0.628. The summed E-state index contributed by atoms with van der Waals surface area (Å²) in [7, 11) is 0. The van der Waals surface area contributed by atoms with Crippen LogP contribution in [0.2, 0.25) is 0 Å². The molecular weight excluding hydrogens is 222 g/mol. The number of aliphatic hydroxyl groups excluding tert-OH is 1. The Balaban J connectivity index is 0.000000331. The molecule has 0 aromatic carbocycles. The van der Waals surface area contributed by atoms with Crippen molar-refractivity contribution >= 4 is 0 Å². The standard InChI is InChI=1S/C8H15NO.C8H18/c1-7-2-4-8(9,6-10)5-3-7;1-3-5-7-8-6-4-2/h2,4,7,10H,3,5-6,9H2,1H3;3-8H2,1-2H3/t7?,8-;/m0./s1. The zero-order valence-electron chi connectivity index (χ0n) is 12.6. The van der Waals surface area contributed by atoms with Crippen LogP contribution in [-0.2, 0) is 0 Å². The molecule has 0 radical (unpaired) electrons. The van der Waals surface area contributed by atoms with Crippen LogP contribution in [0.15, 0.2) is 12.2 Å². The lowest BCUT2D eigenvalue weighted by Gasteiger charge is -2.28. The van der Waals surface area contributed by atoms with Crippen molar-refractivity contribution in [2.24, 2.45) is 11.7 Å². The summed E-state index contributed by atoms with van der Waals surface area (Å²) in [5.41, 5.74) is 5.36. The van der Waals surface area contributed by atoms with Gasteiger partial charge in [-0.15, -0.1) is 0 Å². The fourth-order valence-corrected chi connectivity index (χ4v) is 2.02. The Kier molecular flexibility index (Phi) is 10.4. The van der Waals surface area contributed by atoms with E-state index in [2.05, 4.69) is 26.8 Å². The number of hydrogen-bond donors (Lipinski definition) is 2. The van der Waals surface area contributed by atoms with E-state index >= 15 is 0 Å². The highest BCUT2D eigenvalue weighted by Crippen LogP contribution is 2.22. The Morgan fingerprint density at radius 1 is 1.17 bits per heavy atom. The van der Waals surface area contributed by atoms with Crippen LogP contribution >= 0.6 is 0 Å². The molecule has 2 atom stereocenters. The molecule has 0 heterocycles. The van der Waals surface area contributed by atoms with Gasteiger partial charge in [-0.2, -0.15) is 0 Å². The van der Waals surface area contributed by atoms with Gasteiger partial charge in [0.25, 0.3) is 0 Å². The third-order valence-corrected chi connectivity index (χ3v) is 3.57. The highest BCUT2D eigenvalue weighted by Gasteiger charge is 2.24. The first-order chi connectivity index (χ1) is 8.58. The van der Waals surface area contributed by atoms with Gasteiger partial charge in [0, 0.05) is 0 Å². The van der Waals surface area contributed by atoms with Gasteiger partial charge >= 0.3 is 0 Å². The first-order valence-corrected chi connectivity index (χ1v) is 7.67. The van der Waals surface area contributed by atoms with Crippen molar-refractivity contribution in [3.63, 3.8) is 0 Å². The minimum absolute atomic E-state index is 0.0657. The van der Waals surface area contributed by atoms with Gasteiger partial charge in [-0.25, -0.2) is 0 Å². The van der Waals surface area contributed by atoms with E-state index in [0.717, 1.165) is 12.8 Å². The molecule has 0 fully saturated rings. The van der Waals surface area contributed by atoms with E-state index in [9.17, 15) is 0 Å². The maximum Gasteiger partial charge on any atom is 0.0647 e. The summed E-state index contributed by atoms with van der Waals surface area (Å²) < 4.78 is 0. The second-order valence-corrected chi connectivity index (χ2v) is 5.68. The fourth-order valence-electron chi connectivity index (χ4n) is 2.02. The first-order valence-electron chi connectivity index (χ1n) is 7.67. The van der Waals surface area contributed by atoms with Gasteiger partial charge in [0.15, 0.2) is 0 Å². The van der Waals surface area contributed by atoms with Crippen molar-refractivity contribution in [2.75, 3.05) is 6.61 Å². The Hall–Kier alpha value is -0.340. The van der Waals surface area contributed by atoms with Crippen LogP contribution in [-0.4, -0.2) is 17.3 Å². The maximum atomic E-state index is 8.86. The number of nitrogens with two attached hydrogens (primary N) is 1. The van der Waals surface area contributed by atoms with E-state index in [0.29, 0.717) is 5.92 Å². The number of allylic oxidation sites excluding steroid dienone is 1. The van der Waals surface area contributed by atoms with Crippen molar-refractivity contribution in [1.29, 1.82) is 0 Å². The molecule has 0 saturated heterocycles. The predicted molar refractivity (Wildman–Crippen MR) is 80.6 cm³/mol. The highest BCUT2D eigenvalue weighted by molar-refractivity contribution is 5.09. The molecule has 3 N–H and O–H groups in total. The van der Waals surface area contributed by atoms with E-state index in [1.54, 1.807) is 0 Å². The molecule has 2 nitrogen and oxygen atoms in total. The SMILES string of the molecule is CC1C=C[C@@](N)(CO)CC1.CCCCCCCC. The van der Waals surface area contributed by atoms with Crippen molar-refractivity contribution < 1.29 is 5.11 Å². The topological polar surface area (TPSA) is 46.2 Å². The molecular formula is C16H33NO. The molecule has 1 aliphatic carbocycles. The lowest BCUT2D eigenvalue weighted by Crippen LogP contribution is -2.43. The molecule has 1 aliphatic rings. The second-order valence-electron chi connectivity index (χ2n) is 5.68. The zero-order valence-corrected chi connectivity index (χ0v) is 12.6. The minimum Gasteiger partial charge on any atom is -0.394 e. The van der Waals surface area contributed by atoms with Gasteiger partial charge < -0.3 is 10.8 Å². The fraction of sp³-hybridized carbons (Fsp3) is 0.875. The van der Waals surface area contributed by atoms with E-state index in [-0.39, 0.29) is 6.61 Å². The van der Waals surface area contributed by atoms with Crippen LogP contribution in [0.5, 0.6) is 0 Å². The second kappa shape index (κ2) is 10.6. The molecule has 0 spiro atoms. The highest BCUT2D eigenvalue weighted by atomic mass is 16.3.